The summed E-state index contributed by atoms with van der Waals surface area (Å²) in [6.45, 7) is 1.27. The van der Waals surface area contributed by atoms with Crippen LogP contribution in [0.3, 0.4) is 0 Å². The van der Waals surface area contributed by atoms with E-state index in [-0.39, 0.29) is 28.2 Å². The second-order valence-corrected chi connectivity index (χ2v) is 5.20. The number of carbonyl (C=O) groups is 1. The van der Waals surface area contributed by atoms with E-state index in [1.54, 1.807) is 0 Å². The topological polar surface area (TPSA) is 136 Å². The largest absolute Gasteiger partial charge is 0.477 e. The van der Waals surface area contributed by atoms with Gasteiger partial charge in [0.25, 0.3) is 0 Å². The molecule has 2 aromatic rings. The molecule has 0 aliphatic carbocycles. The average Bonchev–Trinajstić information content (AvgIpc) is 2.92. The molecule has 1 saturated heterocycles. The molecule has 2 aromatic heterocycles. The maximum Gasteiger partial charge on any atom is 0.341 e. The molecule has 3 heterocycles. The second-order valence-electron chi connectivity index (χ2n) is 5.20. The van der Waals surface area contributed by atoms with Gasteiger partial charge in [0.1, 0.15) is 23.1 Å². The van der Waals surface area contributed by atoms with E-state index in [0.29, 0.717) is 18.9 Å². The highest BCUT2D eigenvalue weighted by atomic mass is 16.4. The Balaban J connectivity index is 2.21. The number of fused-ring (bicyclic) bond motifs is 1. The van der Waals surface area contributed by atoms with Crippen LogP contribution in [-0.2, 0) is 0 Å². The lowest BCUT2D eigenvalue weighted by molar-refractivity contribution is 0.0695. The summed E-state index contributed by atoms with van der Waals surface area (Å²) in [5, 5.41) is 18.4. The summed E-state index contributed by atoms with van der Waals surface area (Å²) >= 11 is 0. The number of aromatic nitrogens is 2. The fourth-order valence-electron chi connectivity index (χ4n) is 2.60. The van der Waals surface area contributed by atoms with Gasteiger partial charge in [-0.05, 0) is 12.5 Å². The van der Waals surface area contributed by atoms with E-state index >= 15 is 0 Å². The molecule has 3 rings (SSSR count). The zero-order valence-electron chi connectivity index (χ0n) is 11.5. The maximum absolute atomic E-state index is 12.1. The summed E-state index contributed by atoms with van der Waals surface area (Å²) in [6.07, 6.45) is 1.92. The van der Waals surface area contributed by atoms with Crippen molar-refractivity contribution < 1.29 is 9.90 Å². The Hall–Kier alpha value is -2.92. The lowest BCUT2D eigenvalue weighted by Crippen LogP contribution is -2.27. The highest BCUT2D eigenvalue weighted by molar-refractivity contribution is 5.92. The van der Waals surface area contributed by atoms with Crippen LogP contribution >= 0.6 is 0 Å². The van der Waals surface area contributed by atoms with Crippen molar-refractivity contribution in [3.8, 4) is 6.07 Å². The zero-order valence-corrected chi connectivity index (χ0v) is 11.5. The number of nitrogens with two attached hydrogens (primary N) is 1. The SMILES string of the molecule is N#Cc1cc2c(=O)c(C(=O)O)c[nH]c2nc1N1CCC(N)C1. The third-order valence-electron chi connectivity index (χ3n) is 3.72. The maximum atomic E-state index is 12.1. The Morgan fingerprint density at radius 2 is 2.36 bits per heavy atom. The van der Waals surface area contributed by atoms with Crippen LogP contribution in [0.4, 0.5) is 5.82 Å². The third kappa shape index (κ3) is 2.17. The van der Waals surface area contributed by atoms with Gasteiger partial charge in [0.2, 0.25) is 5.43 Å². The molecule has 0 radical (unpaired) electrons. The number of aromatic amines is 1. The smallest absolute Gasteiger partial charge is 0.341 e. The van der Waals surface area contributed by atoms with Gasteiger partial charge in [0.05, 0.1) is 10.9 Å². The summed E-state index contributed by atoms with van der Waals surface area (Å²) in [7, 11) is 0. The summed E-state index contributed by atoms with van der Waals surface area (Å²) in [4.78, 5) is 32.1. The van der Waals surface area contributed by atoms with Crippen molar-refractivity contribution in [3.63, 3.8) is 0 Å². The standard InChI is InChI=1S/C14H13N5O3/c15-4-7-3-9-11(20)10(14(21)22)5-17-12(9)18-13(7)19-2-1-8(16)6-19/h3,5,8H,1-2,6,16H2,(H,21,22)(H,17,18,20). The van der Waals surface area contributed by atoms with E-state index in [2.05, 4.69) is 9.97 Å². The van der Waals surface area contributed by atoms with Gasteiger partial charge < -0.3 is 20.7 Å². The number of anilines is 1. The molecule has 1 aliphatic rings. The van der Waals surface area contributed by atoms with Gasteiger partial charge in [-0.2, -0.15) is 5.26 Å². The average molecular weight is 299 g/mol. The van der Waals surface area contributed by atoms with Crippen LogP contribution in [0.25, 0.3) is 11.0 Å². The Bertz CT molecular complexity index is 867. The first-order valence-electron chi connectivity index (χ1n) is 6.71. The minimum atomic E-state index is -1.32. The fraction of sp³-hybridized carbons (Fsp3) is 0.286. The van der Waals surface area contributed by atoms with Crippen LogP contribution in [0, 0.1) is 11.3 Å². The Labute approximate surface area is 124 Å². The van der Waals surface area contributed by atoms with Crippen molar-refractivity contribution in [2.45, 2.75) is 12.5 Å². The zero-order chi connectivity index (χ0) is 15.9. The molecule has 0 aromatic carbocycles. The Kier molecular flexibility index (Phi) is 3.27. The summed E-state index contributed by atoms with van der Waals surface area (Å²) in [5.41, 5.74) is 5.32. The quantitative estimate of drug-likeness (QED) is 0.711. The lowest BCUT2D eigenvalue weighted by Gasteiger charge is -2.18. The molecular weight excluding hydrogens is 286 g/mol. The molecule has 22 heavy (non-hydrogen) atoms. The van der Waals surface area contributed by atoms with E-state index in [4.69, 9.17) is 10.8 Å². The van der Waals surface area contributed by atoms with Crippen LogP contribution < -0.4 is 16.1 Å². The molecule has 1 atom stereocenters. The van der Waals surface area contributed by atoms with Gasteiger partial charge >= 0.3 is 5.97 Å². The number of aromatic carboxylic acids is 1. The highest BCUT2D eigenvalue weighted by Crippen LogP contribution is 2.24. The molecule has 1 fully saturated rings. The van der Waals surface area contributed by atoms with Crippen LogP contribution in [0.2, 0.25) is 0 Å². The lowest BCUT2D eigenvalue weighted by atomic mass is 10.1. The normalized spacial score (nSPS) is 17.6. The number of nitriles is 1. The third-order valence-corrected chi connectivity index (χ3v) is 3.72. The molecule has 0 spiro atoms. The van der Waals surface area contributed by atoms with Crippen molar-refractivity contribution in [3.05, 3.63) is 33.6 Å². The first-order valence-corrected chi connectivity index (χ1v) is 6.71. The predicted molar refractivity (Wildman–Crippen MR) is 78.8 cm³/mol. The molecule has 0 amide bonds. The number of H-pyrrole nitrogens is 1. The van der Waals surface area contributed by atoms with Crippen LogP contribution in [-0.4, -0.2) is 40.2 Å². The van der Waals surface area contributed by atoms with Crippen molar-refractivity contribution in [1.29, 1.82) is 5.26 Å². The van der Waals surface area contributed by atoms with E-state index in [1.165, 1.54) is 6.07 Å². The number of hydrogen-bond acceptors (Lipinski definition) is 6. The van der Waals surface area contributed by atoms with Gasteiger partial charge in [-0.15, -0.1) is 0 Å². The van der Waals surface area contributed by atoms with E-state index in [0.717, 1.165) is 12.6 Å². The molecular formula is C14H13N5O3. The number of hydrogen-bond donors (Lipinski definition) is 3. The van der Waals surface area contributed by atoms with Gasteiger partial charge in [0, 0.05) is 25.3 Å². The molecule has 1 aliphatic heterocycles. The minimum Gasteiger partial charge on any atom is -0.477 e. The van der Waals surface area contributed by atoms with Gasteiger partial charge in [-0.3, -0.25) is 4.79 Å². The number of rotatable bonds is 2. The summed E-state index contributed by atoms with van der Waals surface area (Å²) < 4.78 is 0. The Morgan fingerprint density at radius 1 is 1.59 bits per heavy atom. The van der Waals surface area contributed by atoms with Gasteiger partial charge in [-0.25, -0.2) is 9.78 Å². The van der Waals surface area contributed by atoms with Crippen LogP contribution in [0.15, 0.2) is 17.1 Å². The molecule has 1 unspecified atom stereocenters. The highest BCUT2D eigenvalue weighted by Gasteiger charge is 2.24. The molecule has 112 valence electrons. The number of carboxylic acids is 1. The monoisotopic (exact) mass is 299 g/mol. The minimum absolute atomic E-state index is 0.0254. The molecule has 8 heteroatoms. The first kappa shape index (κ1) is 14.0. The summed E-state index contributed by atoms with van der Waals surface area (Å²) in [6, 6.07) is 3.42. The number of nitrogens with one attached hydrogen (secondary N) is 1. The molecule has 8 nitrogen and oxygen atoms in total. The van der Waals surface area contributed by atoms with Gasteiger partial charge in [0.15, 0.2) is 0 Å². The van der Waals surface area contributed by atoms with Crippen molar-refractivity contribution in [2.24, 2.45) is 5.73 Å². The van der Waals surface area contributed by atoms with Gasteiger partial charge in [-0.1, -0.05) is 0 Å². The van der Waals surface area contributed by atoms with E-state index in [9.17, 15) is 14.9 Å². The van der Waals surface area contributed by atoms with Crippen molar-refractivity contribution in [1.82, 2.24) is 9.97 Å². The van der Waals surface area contributed by atoms with Crippen molar-refractivity contribution >= 4 is 22.8 Å². The van der Waals surface area contributed by atoms with E-state index in [1.807, 2.05) is 11.0 Å². The summed E-state index contributed by atoms with van der Waals surface area (Å²) in [5.74, 6) is -0.863. The van der Waals surface area contributed by atoms with Crippen LogP contribution in [0.5, 0.6) is 0 Å². The Morgan fingerprint density at radius 3 is 2.95 bits per heavy atom. The number of nitrogens with zero attached hydrogens (tertiary/aromatic N) is 3. The molecule has 4 N–H and O–H groups in total. The molecule has 0 bridgehead atoms. The first-order chi connectivity index (χ1) is 10.5. The fourth-order valence-corrected chi connectivity index (χ4v) is 2.60. The van der Waals surface area contributed by atoms with E-state index < -0.39 is 11.4 Å². The molecule has 0 saturated carbocycles. The second kappa shape index (κ2) is 5.13. The van der Waals surface area contributed by atoms with Crippen molar-refractivity contribution in [2.75, 3.05) is 18.0 Å². The van der Waals surface area contributed by atoms with Crippen LogP contribution in [0.1, 0.15) is 22.3 Å². The number of pyridine rings is 2. The number of carboxylic acid groups (broad SMARTS) is 1. The predicted octanol–water partition coefficient (Wildman–Crippen LogP) is 0.0304.